The van der Waals surface area contributed by atoms with Crippen LogP contribution in [0, 0.1) is 17.1 Å². The van der Waals surface area contributed by atoms with Crippen LogP contribution in [0.4, 0.5) is 10.1 Å². The highest BCUT2D eigenvalue weighted by Crippen LogP contribution is 2.35. The summed E-state index contributed by atoms with van der Waals surface area (Å²) in [5, 5.41) is 18.6. The van der Waals surface area contributed by atoms with Gasteiger partial charge in [0.25, 0.3) is 5.91 Å². The van der Waals surface area contributed by atoms with Crippen LogP contribution < -0.4 is 25.4 Å². The lowest BCUT2D eigenvalue weighted by Crippen LogP contribution is -2.52. The molecule has 14 nitrogen and oxygen atoms in total. The summed E-state index contributed by atoms with van der Waals surface area (Å²) in [6.07, 6.45) is 3.60. The van der Waals surface area contributed by atoms with Crippen molar-refractivity contribution >= 4 is 40.9 Å². The number of halogens is 2. The van der Waals surface area contributed by atoms with Gasteiger partial charge in [-0.25, -0.2) is 4.39 Å². The van der Waals surface area contributed by atoms with Crippen molar-refractivity contribution < 1.29 is 33.0 Å². The summed E-state index contributed by atoms with van der Waals surface area (Å²) in [6.45, 7) is 5.73. The lowest BCUT2D eigenvalue weighted by atomic mass is 10.0. The molecule has 4 aromatic carbocycles. The fourth-order valence-corrected chi connectivity index (χ4v) is 8.44. The highest BCUT2D eigenvalue weighted by atomic mass is 35.5. The summed E-state index contributed by atoms with van der Waals surface area (Å²) in [5.41, 5.74) is 5.45. The summed E-state index contributed by atoms with van der Waals surface area (Å²) in [4.78, 5) is 60.7. The molecule has 328 valence electrons. The zero-order valence-electron chi connectivity index (χ0n) is 34.9. The first-order chi connectivity index (χ1) is 31.1. The molecule has 3 aliphatic rings. The Bertz CT molecular complexity index is 2610. The minimum Gasteiger partial charge on any atom is -0.489 e. The Labute approximate surface area is 374 Å². The van der Waals surface area contributed by atoms with Crippen molar-refractivity contribution in [2.75, 3.05) is 51.1 Å². The van der Waals surface area contributed by atoms with Crippen LogP contribution in [0.5, 0.6) is 11.5 Å². The number of piperidine rings is 1. The fourth-order valence-electron chi connectivity index (χ4n) is 8.16. The Morgan fingerprint density at radius 3 is 2.48 bits per heavy atom. The SMILES string of the molecule is N#Cc1cncc(COc2cc(OCc3cccc(-c4ccccc4F)c3Cl)ccc2CNCCN2CCN(CC(=O)Nc3cccc4c3CN(C3CCC(=O)NC3=O)C4=O)CC2)c1. The number of piperazine rings is 1. The van der Waals surface area contributed by atoms with Gasteiger partial charge < -0.3 is 25.0 Å². The normalized spacial score (nSPS) is 16.5. The smallest absolute Gasteiger partial charge is 0.255 e. The topological polar surface area (TPSA) is 169 Å². The van der Waals surface area contributed by atoms with Gasteiger partial charge in [0.1, 0.15) is 42.6 Å². The molecule has 4 amide bonds. The van der Waals surface area contributed by atoms with Crippen LogP contribution in [0.25, 0.3) is 11.1 Å². The van der Waals surface area contributed by atoms with Crippen LogP contribution in [-0.2, 0) is 40.7 Å². The van der Waals surface area contributed by atoms with Crippen molar-refractivity contribution in [3.05, 3.63) is 142 Å². The van der Waals surface area contributed by atoms with Gasteiger partial charge in [0.05, 0.1) is 17.1 Å². The van der Waals surface area contributed by atoms with Gasteiger partial charge in [0, 0.05) is 122 Å². The number of imide groups is 1. The number of nitrogens with zero attached hydrogens (tertiary/aromatic N) is 5. The lowest BCUT2D eigenvalue weighted by molar-refractivity contribution is -0.137. The standard InChI is InChI=1S/C48H46ClFN8O6/c49-46-34(5-3-7-37(46)36-6-1-2-9-40(36)50)30-63-35-12-11-33(43(22-35)64-29-32-21-31(23-51)24-53-25-32)26-52-15-16-56-17-19-57(20-18-56)28-45(60)54-41-10-4-8-38-39(41)27-58(48(38)62)42-13-14-44(59)55-47(42)61/h1-12,21-22,24-25,42,52H,13-20,26-30H2,(H,54,60)(H,55,59,61). The quantitative estimate of drug-likeness (QED) is 0.0824. The van der Waals surface area contributed by atoms with Crippen LogP contribution in [-0.4, -0.2) is 95.2 Å². The maximum absolute atomic E-state index is 14.6. The predicted molar refractivity (Wildman–Crippen MR) is 237 cm³/mol. The monoisotopic (exact) mass is 884 g/mol. The van der Waals surface area contributed by atoms with E-state index in [-0.39, 0.29) is 62.7 Å². The second kappa shape index (κ2) is 20.2. The van der Waals surface area contributed by atoms with E-state index in [1.165, 1.54) is 17.2 Å². The number of amides is 4. The maximum atomic E-state index is 14.6. The fraction of sp³-hybridized carbons (Fsp3) is 0.292. The molecule has 64 heavy (non-hydrogen) atoms. The van der Waals surface area contributed by atoms with E-state index in [9.17, 15) is 28.8 Å². The van der Waals surface area contributed by atoms with E-state index < -0.39 is 11.9 Å². The van der Waals surface area contributed by atoms with Gasteiger partial charge in [-0.1, -0.05) is 60.1 Å². The molecule has 2 saturated heterocycles. The number of carbonyl (C=O) groups is 4. The number of rotatable bonds is 16. The molecule has 1 atom stereocenters. The van der Waals surface area contributed by atoms with Gasteiger partial charge in [0.2, 0.25) is 17.7 Å². The number of nitrogens with one attached hydrogen (secondary N) is 3. The van der Waals surface area contributed by atoms with Crippen molar-refractivity contribution in [2.45, 2.75) is 45.2 Å². The Morgan fingerprint density at radius 1 is 0.891 bits per heavy atom. The number of ether oxygens (including phenoxy) is 2. The molecule has 1 aromatic heterocycles. The average molecular weight is 885 g/mol. The van der Waals surface area contributed by atoms with E-state index in [2.05, 4.69) is 36.8 Å². The second-order valence-corrected chi connectivity index (χ2v) is 16.3. The molecule has 0 aliphatic carbocycles. The number of anilines is 1. The molecule has 3 aliphatic heterocycles. The van der Waals surface area contributed by atoms with E-state index in [1.807, 2.05) is 30.3 Å². The molecule has 1 unspecified atom stereocenters. The van der Waals surface area contributed by atoms with Crippen molar-refractivity contribution in [1.29, 1.82) is 5.26 Å². The highest BCUT2D eigenvalue weighted by Gasteiger charge is 2.40. The summed E-state index contributed by atoms with van der Waals surface area (Å²) in [7, 11) is 0. The molecular weight excluding hydrogens is 839 g/mol. The zero-order chi connectivity index (χ0) is 44.6. The number of hydrogen-bond donors (Lipinski definition) is 3. The molecule has 5 aromatic rings. The van der Waals surface area contributed by atoms with Crippen molar-refractivity contribution in [2.24, 2.45) is 0 Å². The number of aromatic nitrogens is 1. The predicted octanol–water partition coefficient (Wildman–Crippen LogP) is 5.68. The van der Waals surface area contributed by atoms with E-state index >= 15 is 0 Å². The number of benzene rings is 4. The van der Waals surface area contributed by atoms with Gasteiger partial charge in [0.15, 0.2) is 0 Å². The zero-order valence-corrected chi connectivity index (χ0v) is 35.7. The molecule has 0 bridgehead atoms. The van der Waals surface area contributed by atoms with E-state index in [0.29, 0.717) is 81.8 Å². The van der Waals surface area contributed by atoms with E-state index in [4.69, 9.17) is 21.1 Å². The van der Waals surface area contributed by atoms with Crippen LogP contribution in [0.2, 0.25) is 5.02 Å². The molecule has 4 heterocycles. The Balaban J connectivity index is 0.822. The maximum Gasteiger partial charge on any atom is 0.255 e. The number of carbonyl (C=O) groups excluding carboxylic acids is 4. The summed E-state index contributed by atoms with van der Waals surface area (Å²) < 4.78 is 27.1. The number of hydrogen-bond acceptors (Lipinski definition) is 11. The van der Waals surface area contributed by atoms with Crippen LogP contribution in [0.15, 0.2) is 97.3 Å². The highest BCUT2D eigenvalue weighted by molar-refractivity contribution is 6.34. The molecule has 0 radical (unpaired) electrons. The summed E-state index contributed by atoms with van der Waals surface area (Å²) in [5.74, 6) is -0.494. The number of pyridine rings is 1. The van der Waals surface area contributed by atoms with Gasteiger partial charge in [-0.3, -0.25) is 39.3 Å². The Morgan fingerprint density at radius 2 is 1.67 bits per heavy atom. The van der Waals surface area contributed by atoms with Gasteiger partial charge in [-0.15, -0.1) is 0 Å². The minimum atomic E-state index is -0.730. The van der Waals surface area contributed by atoms with Crippen LogP contribution in [0.3, 0.4) is 0 Å². The summed E-state index contributed by atoms with van der Waals surface area (Å²) >= 11 is 6.75. The third kappa shape index (κ3) is 10.4. The minimum absolute atomic E-state index is 0.147. The van der Waals surface area contributed by atoms with Crippen molar-refractivity contribution in [3.8, 4) is 28.7 Å². The second-order valence-electron chi connectivity index (χ2n) is 15.9. The summed E-state index contributed by atoms with van der Waals surface area (Å²) in [6, 6.07) is 25.9. The number of nitriles is 1. The molecule has 16 heteroatoms. The third-order valence-corrected chi connectivity index (χ3v) is 12.0. The van der Waals surface area contributed by atoms with Crippen LogP contribution >= 0.6 is 11.6 Å². The third-order valence-electron chi connectivity index (χ3n) is 11.6. The van der Waals surface area contributed by atoms with Crippen LogP contribution in [0.1, 0.15) is 51.0 Å². The molecule has 8 rings (SSSR count). The van der Waals surface area contributed by atoms with E-state index in [0.717, 1.165) is 30.8 Å². The molecule has 0 saturated carbocycles. The van der Waals surface area contributed by atoms with Crippen molar-refractivity contribution in [1.82, 2.24) is 30.3 Å². The van der Waals surface area contributed by atoms with Crippen molar-refractivity contribution in [3.63, 3.8) is 0 Å². The molecule has 2 fully saturated rings. The molecule has 3 N–H and O–H groups in total. The Kier molecular flexibility index (Phi) is 13.9. The first-order valence-corrected chi connectivity index (χ1v) is 21.5. The first-order valence-electron chi connectivity index (χ1n) is 21.1. The molecular formula is C48H46ClFN8O6. The van der Waals surface area contributed by atoms with Gasteiger partial charge in [-0.05, 0) is 36.8 Å². The number of fused-ring (bicyclic) bond motifs is 1. The Hall–Kier alpha value is -6.70. The van der Waals surface area contributed by atoms with E-state index in [1.54, 1.807) is 54.7 Å². The van der Waals surface area contributed by atoms with Gasteiger partial charge in [-0.2, -0.15) is 5.26 Å². The average Bonchev–Trinajstić information content (AvgIpc) is 3.64. The first kappa shape index (κ1) is 43.9. The molecule has 0 spiro atoms. The lowest BCUT2D eigenvalue weighted by Gasteiger charge is -2.34. The largest absolute Gasteiger partial charge is 0.489 e. The van der Waals surface area contributed by atoms with Gasteiger partial charge >= 0.3 is 0 Å².